The molecule has 2 unspecified atom stereocenters. The Kier molecular flexibility index (Phi) is 7.19. The van der Waals surface area contributed by atoms with Gasteiger partial charge in [-0.05, 0) is 25.1 Å². The lowest BCUT2D eigenvalue weighted by Gasteiger charge is -2.28. The smallest absolute Gasteiger partial charge is 0.337 e. The molecule has 0 aliphatic carbocycles. The normalized spacial score (nSPS) is 19.0. The molecule has 2 amide bonds. The maximum atomic E-state index is 12.2. The van der Waals surface area contributed by atoms with E-state index < -0.39 is 11.9 Å². The van der Waals surface area contributed by atoms with Gasteiger partial charge in [0.2, 0.25) is 11.8 Å². The van der Waals surface area contributed by atoms with Crippen LogP contribution in [0.3, 0.4) is 0 Å². The predicted octanol–water partition coefficient (Wildman–Crippen LogP) is 0.713. The third-order valence-electron chi connectivity index (χ3n) is 3.66. The summed E-state index contributed by atoms with van der Waals surface area (Å²) in [5, 5.41) is 8.52. The molecular formula is C17H21N3O6S. The van der Waals surface area contributed by atoms with E-state index in [0.717, 1.165) is 0 Å². The van der Waals surface area contributed by atoms with E-state index in [2.05, 4.69) is 25.4 Å². The highest BCUT2D eigenvalue weighted by Crippen LogP contribution is 2.18. The van der Waals surface area contributed by atoms with Crippen LogP contribution in [0.15, 0.2) is 18.2 Å². The molecule has 0 radical (unpaired) electrons. The van der Waals surface area contributed by atoms with Crippen LogP contribution in [0, 0.1) is 0 Å². The van der Waals surface area contributed by atoms with Crippen LogP contribution in [0.4, 0.5) is 5.69 Å². The van der Waals surface area contributed by atoms with Crippen molar-refractivity contribution in [3.63, 3.8) is 0 Å². The molecule has 0 spiro atoms. The summed E-state index contributed by atoms with van der Waals surface area (Å²) in [5.41, 5.74) is 0.119. The standard InChI is InChI=1S/C17H21N3O6S/c1-9-4-13(21)20-17(18-9)27-8-14(22)19-12-6-10(15(23)25-2)5-11(7-12)16(24)26-3/h5-7,9,17-18H,4,8H2,1-3H3,(H,19,22)(H,20,21). The molecule has 146 valence electrons. The predicted molar refractivity (Wildman–Crippen MR) is 99.4 cm³/mol. The zero-order chi connectivity index (χ0) is 20.0. The average Bonchev–Trinajstić information content (AvgIpc) is 2.64. The summed E-state index contributed by atoms with van der Waals surface area (Å²) in [6.45, 7) is 1.89. The van der Waals surface area contributed by atoms with E-state index in [1.807, 2.05) is 6.92 Å². The number of hydrogen-bond acceptors (Lipinski definition) is 8. The molecule has 10 heteroatoms. The van der Waals surface area contributed by atoms with Gasteiger partial charge in [-0.15, -0.1) is 11.8 Å². The van der Waals surface area contributed by atoms with Crippen LogP contribution in [0.5, 0.6) is 0 Å². The summed E-state index contributed by atoms with van der Waals surface area (Å²) in [4.78, 5) is 47.3. The van der Waals surface area contributed by atoms with E-state index in [0.29, 0.717) is 6.42 Å². The number of carbonyl (C=O) groups is 4. The van der Waals surface area contributed by atoms with Crippen LogP contribution in [-0.4, -0.2) is 55.3 Å². The number of hydrogen-bond donors (Lipinski definition) is 3. The summed E-state index contributed by atoms with van der Waals surface area (Å²) >= 11 is 1.22. The van der Waals surface area contributed by atoms with Crippen molar-refractivity contribution >= 4 is 41.2 Å². The van der Waals surface area contributed by atoms with E-state index in [4.69, 9.17) is 0 Å². The number of nitrogens with one attached hydrogen (secondary N) is 3. The van der Waals surface area contributed by atoms with Gasteiger partial charge in [-0.25, -0.2) is 9.59 Å². The monoisotopic (exact) mass is 395 g/mol. The van der Waals surface area contributed by atoms with E-state index in [9.17, 15) is 19.2 Å². The fourth-order valence-electron chi connectivity index (χ4n) is 2.46. The van der Waals surface area contributed by atoms with Crippen molar-refractivity contribution in [1.29, 1.82) is 0 Å². The second-order valence-electron chi connectivity index (χ2n) is 5.86. The van der Waals surface area contributed by atoms with Crippen molar-refractivity contribution in [2.45, 2.75) is 24.9 Å². The van der Waals surface area contributed by atoms with E-state index in [1.165, 1.54) is 44.2 Å². The first-order valence-corrected chi connectivity index (χ1v) is 9.16. The summed E-state index contributed by atoms with van der Waals surface area (Å²) in [7, 11) is 2.43. The molecule has 0 saturated carbocycles. The number of thioether (sulfide) groups is 1. The van der Waals surface area contributed by atoms with Crippen LogP contribution < -0.4 is 16.0 Å². The van der Waals surface area contributed by atoms with Crippen LogP contribution in [-0.2, 0) is 19.1 Å². The molecule has 1 fully saturated rings. The Balaban J connectivity index is 2.04. The molecule has 1 aromatic rings. The molecular weight excluding hydrogens is 374 g/mol. The Bertz CT molecular complexity index is 720. The maximum absolute atomic E-state index is 12.2. The zero-order valence-corrected chi connectivity index (χ0v) is 16.0. The Hall–Kier alpha value is -2.59. The molecule has 0 bridgehead atoms. The molecule has 1 aromatic carbocycles. The number of anilines is 1. The first-order valence-electron chi connectivity index (χ1n) is 8.11. The van der Waals surface area contributed by atoms with Gasteiger partial charge in [0.25, 0.3) is 0 Å². The van der Waals surface area contributed by atoms with Gasteiger partial charge in [0, 0.05) is 18.2 Å². The van der Waals surface area contributed by atoms with Crippen molar-refractivity contribution in [2.24, 2.45) is 0 Å². The van der Waals surface area contributed by atoms with Crippen molar-refractivity contribution in [3.05, 3.63) is 29.3 Å². The Labute approximate surface area is 160 Å². The molecule has 2 atom stereocenters. The van der Waals surface area contributed by atoms with Gasteiger partial charge in [0.15, 0.2) is 0 Å². The number of esters is 2. The Morgan fingerprint density at radius 1 is 1.15 bits per heavy atom. The SMILES string of the molecule is COC(=O)c1cc(NC(=O)CSC2NC(=O)CC(C)N2)cc(C(=O)OC)c1. The lowest BCUT2D eigenvalue weighted by molar-refractivity contribution is -0.123. The van der Waals surface area contributed by atoms with Gasteiger partial charge in [-0.2, -0.15) is 0 Å². The van der Waals surface area contributed by atoms with Crippen molar-refractivity contribution in [3.8, 4) is 0 Å². The third-order valence-corrected chi connectivity index (χ3v) is 4.68. The van der Waals surface area contributed by atoms with Gasteiger partial charge in [0.05, 0.1) is 31.1 Å². The number of rotatable bonds is 6. The largest absolute Gasteiger partial charge is 0.465 e. The first kappa shape index (κ1) is 20.7. The molecule has 27 heavy (non-hydrogen) atoms. The van der Waals surface area contributed by atoms with Gasteiger partial charge < -0.3 is 20.1 Å². The second-order valence-corrected chi connectivity index (χ2v) is 6.95. The summed E-state index contributed by atoms with van der Waals surface area (Å²) in [6.07, 6.45) is 0.389. The van der Waals surface area contributed by atoms with Crippen LogP contribution in [0.1, 0.15) is 34.1 Å². The highest BCUT2D eigenvalue weighted by molar-refractivity contribution is 8.00. The minimum absolute atomic E-state index is 0.0265. The molecule has 3 N–H and O–H groups in total. The van der Waals surface area contributed by atoms with Crippen LogP contribution >= 0.6 is 11.8 Å². The summed E-state index contributed by atoms with van der Waals surface area (Å²) < 4.78 is 9.31. The van der Waals surface area contributed by atoms with E-state index in [1.54, 1.807) is 0 Å². The number of ether oxygens (including phenoxy) is 2. The quantitative estimate of drug-likeness (QED) is 0.602. The van der Waals surface area contributed by atoms with Gasteiger partial charge >= 0.3 is 11.9 Å². The number of carbonyl (C=O) groups excluding carboxylic acids is 4. The minimum Gasteiger partial charge on any atom is -0.465 e. The molecule has 1 saturated heterocycles. The van der Waals surface area contributed by atoms with Crippen molar-refractivity contribution in [2.75, 3.05) is 25.3 Å². The van der Waals surface area contributed by atoms with Crippen molar-refractivity contribution in [1.82, 2.24) is 10.6 Å². The Morgan fingerprint density at radius 2 is 1.74 bits per heavy atom. The molecule has 1 aliphatic rings. The molecule has 1 aliphatic heterocycles. The number of benzene rings is 1. The fourth-order valence-corrected chi connectivity index (χ4v) is 3.39. The van der Waals surface area contributed by atoms with Gasteiger partial charge in [-0.3, -0.25) is 14.9 Å². The van der Waals surface area contributed by atoms with E-state index in [-0.39, 0.29) is 45.9 Å². The fraction of sp³-hybridized carbons (Fsp3) is 0.412. The highest BCUT2D eigenvalue weighted by atomic mass is 32.2. The highest BCUT2D eigenvalue weighted by Gasteiger charge is 2.23. The summed E-state index contributed by atoms with van der Waals surface area (Å²) in [5.74, 6) is -1.66. The minimum atomic E-state index is -0.645. The molecule has 2 rings (SSSR count). The molecule has 1 heterocycles. The van der Waals surface area contributed by atoms with Gasteiger partial charge in [0.1, 0.15) is 5.50 Å². The zero-order valence-electron chi connectivity index (χ0n) is 15.2. The van der Waals surface area contributed by atoms with E-state index >= 15 is 0 Å². The average molecular weight is 395 g/mol. The van der Waals surface area contributed by atoms with Crippen molar-refractivity contribution < 1.29 is 28.7 Å². The number of amides is 2. The molecule has 9 nitrogen and oxygen atoms in total. The first-order chi connectivity index (χ1) is 12.8. The Morgan fingerprint density at radius 3 is 2.26 bits per heavy atom. The topological polar surface area (TPSA) is 123 Å². The van der Waals surface area contributed by atoms with Crippen LogP contribution in [0.2, 0.25) is 0 Å². The summed E-state index contributed by atoms with van der Waals surface area (Å²) in [6, 6.07) is 4.16. The maximum Gasteiger partial charge on any atom is 0.337 e. The number of methoxy groups -OCH3 is 2. The lowest BCUT2D eigenvalue weighted by atomic mass is 10.1. The molecule has 0 aromatic heterocycles. The van der Waals surface area contributed by atoms with Gasteiger partial charge in [-0.1, -0.05) is 0 Å². The lowest BCUT2D eigenvalue weighted by Crippen LogP contribution is -2.53. The van der Waals surface area contributed by atoms with Crippen LogP contribution in [0.25, 0.3) is 0 Å². The second kappa shape index (κ2) is 9.38. The third kappa shape index (κ3) is 5.97.